The Morgan fingerprint density at radius 1 is 1.47 bits per heavy atom. The Balaban J connectivity index is 2.07. The summed E-state index contributed by atoms with van der Waals surface area (Å²) in [5.41, 5.74) is -0.434. The lowest BCUT2D eigenvalue weighted by Gasteiger charge is -2.13. The molecule has 2 rings (SSSR count). The summed E-state index contributed by atoms with van der Waals surface area (Å²) < 4.78 is 5.14. The summed E-state index contributed by atoms with van der Waals surface area (Å²) in [6, 6.07) is 4.98. The minimum Gasteiger partial charge on any atom is -0.496 e. The molecule has 0 bridgehead atoms. The largest absolute Gasteiger partial charge is 0.496 e. The number of carbonyl (C=O) groups is 2. The van der Waals surface area contributed by atoms with Gasteiger partial charge in [-0.1, -0.05) is 11.6 Å². The number of nitrogens with one attached hydrogen (secondary N) is 1. The number of aliphatic carboxylic acids is 1. The fraction of sp³-hybridized carbons (Fsp3) is 0.385. The molecule has 102 valence electrons. The van der Waals surface area contributed by atoms with Crippen LogP contribution in [0.3, 0.4) is 0 Å². The van der Waals surface area contributed by atoms with Crippen LogP contribution < -0.4 is 10.1 Å². The van der Waals surface area contributed by atoms with Gasteiger partial charge in [0.2, 0.25) is 5.91 Å². The number of hydrogen-bond donors (Lipinski definition) is 2. The fourth-order valence-corrected chi connectivity index (χ4v) is 2.08. The van der Waals surface area contributed by atoms with E-state index >= 15 is 0 Å². The van der Waals surface area contributed by atoms with E-state index in [9.17, 15) is 9.59 Å². The van der Waals surface area contributed by atoms with Crippen LogP contribution in [0, 0.1) is 0 Å². The van der Waals surface area contributed by atoms with Crippen LogP contribution in [0.25, 0.3) is 0 Å². The van der Waals surface area contributed by atoms with Crippen molar-refractivity contribution in [2.24, 2.45) is 0 Å². The van der Waals surface area contributed by atoms with Crippen LogP contribution in [0.1, 0.15) is 18.4 Å². The molecule has 0 spiro atoms. The van der Waals surface area contributed by atoms with Gasteiger partial charge in [-0.3, -0.25) is 4.79 Å². The van der Waals surface area contributed by atoms with E-state index in [1.54, 1.807) is 18.2 Å². The van der Waals surface area contributed by atoms with E-state index in [-0.39, 0.29) is 12.3 Å². The molecule has 0 unspecified atom stereocenters. The van der Waals surface area contributed by atoms with Gasteiger partial charge in [0, 0.05) is 10.6 Å². The molecule has 2 N–H and O–H groups in total. The first-order valence-corrected chi connectivity index (χ1v) is 6.21. The van der Waals surface area contributed by atoms with Gasteiger partial charge in [-0.05, 0) is 31.0 Å². The summed E-state index contributed by atoms with van der Waals surface area (Å²) in [5.74, 6) is -0.779. The summed E-state index contributed by atoms with van der Waals surface area (Å²) in [6.45, 7) is 0. The lowest BCUT2D eigenvalue weighted by Crippen LogP contribution is -2.43. The van der Waals surface area contributed by atoms with Crippen LogP contribution in [0.5, 0.6) is 5.75 Å². The predicted octanol–water partition coefficient (Wildman–Crippen LogP) is 1.62. The summed E-state index contributed by atoms with van der Waals surface area (Å²) in [5, 5.41) is 12.1. The highest BCUT2D eigenvalue weighted by molar-refractivity contribution is 6.30. The second-order valence-electron chi connectivity index (χ2n) is 4.57. The number of halogens is 1. The van der Waals surface area contributed by atoms with Crippen LogP contribution in [0.15, 0.2) is 18.2 Å². The minimum absolute atomic E-state index is 0.0404. The Labute approximate surface area is 115 Å². The Morgan fingerprint density at radius 3 is 2.68 bits per heavy atom. The van der Waals surface area contributed by atoms with E-state index < -0.39 is 11.5 Å². The number of amides is 1. The van der Waals surface area contributed by atoms with Crippen LogP contribution in [-0.2, 0) is 16.0 Å². The number of hydrogen-bond acceptors (Lipinski definition) is 3. The molecular formula is C13H14ClNO4. The Hall–Kier alpha value is -1.75. The number of rotatable bonds is 5. The van der Waals surface area contributed by atoms with Gasteiger partial charge in [0.05, 0.1) is 13.5 Å². The number of methoxy groups -OCH3 is 1. The first kappa shape index (κ1) is 13.7. The van der Waals surface area contributed by atoms with E-state index in [1.807, 2.05) is 0 Å². The van der Waals surface area contributed by atoms with Crippen LogP contribution >= 0.6 is 11.6 Å². The van der Waals surface area contributed by atoms with Crippen molar-refractivity contribution < 1.29 is 19.4 Å². The first-order chi connectivity index (χ1) is 8.97. The molecule has 0 aliphatic heterocycles. The highest BCUT2D eigenvalue weighted by Gasteiger charge is 2.51. The van der Waals surface area contributed by atoms with Gasteiger partial charge in [-0.2, -0.15) is 0 Å². The quantitative estimate of drug-likeness (QED) is 0.861. The average Bonchev–Trinajstić information content (AvgIpc) is 3.10. The molecule has 19 heavy (non-hydrogen) atoms. The molecule has 0 saturated heterocycles. The summed E-state index contributed by atoms with van der Waals surface area (Å²) >= 11 is 5.87. The maximum absolute atomic E-state index is 11.9. The molecule has 6 heteroatoms. The maximum atomic E-state index is 11.9. The van der Waals surface area contributed by atoms with Crippen molar-refractivity contribution in [2.75, 3.05) is 7.11 Å². The Morgan fingerprint density at radius 2 is 2.16 bits per heavy atom. The SMILES string of the molecule is COc1ccc(Cl)cc1CC(=O)NC1(C(=O)O)CC1. The molecule has 1 fully saturated rings. The van der Waals surface area contributed by atoms with Crippen molar-refractivity contribution in [3.8, 4) is 5.75 Å². The Kier molecular flexibility index (Phi) is 3.66. The molecule has 1 aliphatic carbocycles. The monoisotopic (exact) mass is 283 g/mol. The van der Waals surface area contributed by atoms with Crippen molar-refractivity contribution in [2.45, 2.75) is 24.8 Å². The molecular weight excluding hydrogens is 270 g/mol. The number of benzene rings is 1. The molecule has 0 aromatic heterocycles. The van der Waals surface area contributed by atoms with E-state index in [1.165, 1.54) is 7.11 Å². The van der Waals surface area contributed by atoms with Crippen molar-refractivity contribution in [1.29, 1.82) is 0 Å². The molecule has 5 nitrogen and oxygen atoms in total. The standard InChI is InChI=1S/C13H14ClNO4/c1-19-10-3-2-9(14)6-8(10)7-11(16)15-13(4-5-13)12(17)18/h2-3,6H,4-5,7H2,1H3,(H,15,16)(H,17,18). The predicted molar refractivity (Wildman–Crippen MR) is 69.5 cm³/mol. The average molecular weight is 284 g/mol. The molecule has 0 heterocycles. The third kappa shape index (κ3) is 2.98. The van der Waals surface area contributed by atoms with E-state index in [0.717, 1.165) is 0 Å². The third-order valence-electron chi connectivity index (χ3n) is 3.13. The molecule has 1 saturated carbocycles. The van der Waals surface area contributed by atoms with Crippen LogP contribution in [0.4, 0.5) is 0 Å². The highest BCUT2D eigenvalue weighted by atomic mass is 35.5. The van der Waals surface area contributed by atoms with Gasteiger partial charge >= 0.3 is 5.97 Å². The summed E-state index contributed by atoms with van der Waals surface area (Å²) in [4.78, 5) is 22.9. The topological polar surface area (TPSA) is 75.6 Å². The van der Waals surface area contributed by atoms with E-state index in [0.29, 0.717) is 29.2 Å². The maximum Gasteiger partial charge on any atom is 0.329 e. The van der Waals surface area contributed by atoms with Crippen molar-refractivity contribution in [3.05, 3.63) is 28.8 Å². The van der Waals surface area contributed by atoms with E-state index in [4.69, 9.17) is 21.4 Å². The molecule has 1 amide bonds. The molecule has 1 aromatic carbocycles. The second kappa shape index (κ2) is 5.09. The van der Waals surface area contributed by atoms with Gasteiger partial charge in [0.25, 0.3) is 0 Å². The minimum atomic E-state index is -1.07. The number of carbonyl (C=O) groups excluding carboxylic acids is 1. The lowest BCUT2D eigenvalue weighted by molar-refractivity contribution is -0.143. The zero-order valence-corrected chi connectivity index (χ0v) is 11.2. The Bertz CT molecular complexity index is 525. The lowest BCUT2D eigenvalue weighted by atomic mass is 10.1. The molecule has 0 atom stereocenters. The van der Waals surface area contributed by atoms with Gasteiger partial charge < -0.3 is 15.2 Å². The first-order valence-electron chi connectivity index (χ1n) is 5.84. The van der Waals surface area contributed by atoms with Gasteiger partial charge in [0.1, 0.15) is 11.3 Å². The van der Waals surface area contributed by atoms with Gasteiger partial charge in [-0.15, -0.1) is 0 Å². The normalized spacial score (nSPS) is 15.7. The number of carboxylic acids is 1. The van der Waals surface area contributed by atoms with Gasteiger partial charge in [-0.25, -0.2) is 4.79 Å². The zero-order chi connectivity index (χ0) is 14.0. The number of ether oxygens (including phenoxy) is 1. The summed E-state index contributed by atoms with van der Waals surface area (Å²) in [7, 11) is 1.50. The third-order valence-corrected chi connectivity index (χ3v) is 3.37. The molecule has 0 radical (unpaired) electrons. The van der Waals surface area contributed by atoms with Crippen molar-refractivity contribution >= 4 is 23.5 Å². The zero-order valence-electron chi connectivity index (χ0n) is 10.4. The fourth-order valence-electron chi connectivity index (χ4n) is 1.89. The number of carboxylic acid groups (broad SMARTS) is 1. The molecule has 1 aliphatic rings. The van der Waals surface area contributed by atoms with Crippen LogP contribution in [-0.4, -0.2) is 29.6 Å². The van der Waals surface area contributed by atoms with Crippen molar-refractivity contribution in [3.63, 3.8) is 0 Å². The summed E-state index contributed by atoms with van der Waals surface area (Å²) in [6.07, 6.45) is 0.986. The second-order valence-corrected chi connectivity index (χ2v) is 5.00. The van der Waals surface area contributed by atoms with Crippen LogP contribution in [0.2, 0.25) is 5.02 Å². The van der Waals surface area contributed by atoms with Crippen molar-refractivity contribution in [1.82, 2.24) is 5.32 Å². The van der Waals surface area contributed by atoms with E-state index in [2.05, 4.69) is 5.32 Å². The highest BCUT2D eigenvalue weighted by Crippen LogP contribution is 2.35. The van der Waals surface area contributed by atoms with Gasteiger partial charge in [0.15, 0.2) is 0 Å². The molecule has 1 aromatic rings. The smallest absolute Gasteiger partial charge is 0.329 e.